The van der Waals surface area contributed by atoms with Gasteiger partial charge in [-0.05, 0) is 125 Å². The molecule has 2 nitrogen and oxygen atoms in total. The summed E-state index contributed by atoms with van der Waals surface area (Å²) in [6.45, 7) is 0. The normalized spacial score (nSPS) is 14.0. The Kier molecular flexibility index (Phi) is 7.95. The smallest absolute Gasteiger partial charge is 0.135 e. The third-order valence-electron chi connectivity index (χ3n) is 15.5. The first-order valence-corrected chi connectivity index (χ1v) is 23.9. The number of hydrogen-bond donors (Lipinski definition) is 0. The highest BCUT2D eigenvalue weighted by atomic mass is 16.3. The molecular formula is C67H41NO. The second-order valence-corrected chi connectivity index (χ2v) is 18.8. The maximum Gasteiger partial charge on any atom is 0.135 e. The summed E-state index contributed by atoms with van der Waals surface area (Å²) in [6.07, 6.45) is 0. The molecule has 0 radical (unpaired) electrons. The van der Waals surface area contributed by atoms with Crippen molar-refractivity contribution >= 4 is 21.9 Å². The van der Waals surface area contributed by atoms with Crippen LogP contribution in [0.2, 0.25) is 0 Å². The fourth-order valence-electron chi connectivity index (χ4n) is 12.9. The predicted molar refractivity (Wildman–Crippen MR) is 281 cm³/mol. The number of aromatic nitrogens is 1. The van der Waals surface area contributed by atoms with Crippen LogP contribution in [0.5, 0.6) is 0 Å². The van der Waals surface area contributed by atoms with Gasteiger partial charge in [0.1, 0.15) is 11.2 Å². The van der Waals surface area contributed by atoms with Gasteiger partial charge < -0.3 is 4.42 Å². The molecule has 0 amide bonds. The Hall–Kier alpha value is -8.85. The van der Waals surface area contributed by atoms with Gasteiger partial charge >= 0.3 is 0 Å². The molecule has 0 fully saturated rings. The number of fused-ring (bicyclic) bond motifs is 20. The van der Waals surface area contributed by atoms with E-state index in [1.807, 2.05) is 0 Å². The third kappa shape index (κ3) is 5.13. The van der Waals surface area contributed by atoms with Crippen LogP contribution in [0.25, 0.3) is 89.0 Å². The van der Waals surface area contributed by atoms with Gasteiger partial charge in [0.05, 0.1) is 22.2 Å². The molecule has 2 heterocycles. The summed E-state index contributed by atoms with van der Waals surface area (Å²) in [7, 11) is 0. The molecule has 0 bridgehead atoms. The predicted octanol–water partition coefficient (Wildman–Crippen LogP) is 16.7. The van der Waals surface area contributed by atoms with E-state index < -0.39 is 10.8 Å². The molecule has 2 heteroatoms. The van der Waals surface area contributed by atoms with E-state index in [9.17, 15) is 0 Å². The maximum atomic E-state index is 6.79. The number of para-hydroxylation sites is 1. The monoisotopic (exact) mass is 875 g/mol. The molecule has 2 aromatic heterocycles. The highest BCUT2D eigenvalue weighted by molar-refractivity contribution is 6.13. The molecule has 15 rings (SSSR count). The van der Waals surface area contributed by atoms with E-state index in [2.05, 4.69) is 249 Å². The summed E-state index contributed by atoms with van der Waals surface area (Å²) in [5, 5.41) is 2.31. The van der Waals surface area contributed by atoms with E-state index in [1.165, 1.54) is 77.7 Å². The molecule has 320 valence electrons. The SMILES string of the molecule is c1ccc(-c2cc(-c3cccc(-c4ccc5c(c4)C4(c6ccccc6C6(c7ccccc7-c7ccccc76)c6ccccc64)c4c-5ccc5oc6ccccc6c45)c3)cc(-c3ccccc3)n2)cc1. The molecule has 2 spiro atoms. The van der Waals surface area contributed by atoms with E-state index in [1.54, 1.807) is 0 Å². The van der Waals surface area contributed by atoms with Gasteiger partial charge in [-0.25, -0.2) is 4.98 Å². The number of benzene rings is 10. The lowest BCUT2D eigenvalue weighted by Crippen LogP contribution is -2.43. The Labute approximate surface area is 400 Å². The molecule has 0 unspecified atom stereocenters. The molecule has 0 aliphatic heterocycles. The Bertz CT molecular complexity index is 3930. The Morgan fingerprint density at radius 1 is 0.275 bits per heavy atom. The van der Waals surface area contributed by atoms with Crippen molar-refractivity contribution in [1.82, 2.24) is 4.98 Å². The van der Waals surface area contributed by atoms with Crippen LogP contribution in [-0.4, -0.2) is 4.98 Å². The average molecular weight is 876 g/mol. The highest BCUT2D eigenvalue weighted by Gasteiger charge is 2.59. The molecule has 3 aliphatic carbocycles. The van der Waals surface area contributed by atoms with Crippen molar-refractivity contribution in [3.63, 3.8) is 0 Å². The topological polar surface area (TPSA) is 26.0 Å². The minimum atomic E-state index is -0.699. The Morgan fingerprint density at radius 2 is 0.739 bits per heavy atom. The number of rotatable bonds is 4. The summed E-state index contributed by atoms with van der Waals surface area (Å²) in [6, 6.07) is 91.9. The largest absolute Gasteiger partial charge is 0.456 e. The molecule has 12 aromatic rings. The van der Waals surface area contributed by atoms with Crippen molar-refractivity contribution in [3.05, 3.63) is 293 Å². The van der Waals surface area contributed by atoms with E-state index >= 15 is 0 Å². The average Bonchev–Trinajstić information content (AvgIpc) is 4.06. The molecule has 0 N–H and O–H groups in total. The van der Waals surface area contributed by atoms with E-state index in [-0.39, 0.29) is 0 Å². The summed E-state index contributed by atoms with van der Waals surface area (Å²) < 4.78 is 6.79. The van der Waals surface area contributed by atoms with Gasteiger partial charge in [0, 0.05) is 21.9 Å². The van der Waals surface area contributed by atoms with Crippen LogP contribution in [0.4, 0.5) is 0 Å². The van der Waals surface area contributed by atoms with Crippen LogP contribution in [0, 0.1) is 0 Å². The number of hydrogen-bond acceptors (Lipinski definition) is 2. The second kappa shape index (κ2) is 14.3. The van der Waals surface area contributed by atoms with Crippen molar-refractivity contribution in [1.29, 1.82) is 0 Å². The van der Waals surface area contributed by atoms with Crippen molar-refractivity contribution in [2.75, 3.05) is 0 Å². The molecular weight excluding hydrogens is 835 g/mol. The quantitative estimate of drug-likeness (QED) is 0.176. The number of pyridine rings is 1. The van der Waals surface area contributed by atoms with Crippen LogP contribution in [0.1, 0.15) is 44.5 Å². The van der Waals surface area contributed by atoms with Crippen LogP contribution in [-0.2, 0) is 10.8 Å². The first kappa shape index (κ1) is 38.3. The number of furan rings is 1. The van der Waals surface area contributed by atoms with Gasteiger partial charge in [0.2, 0.25) is 0 Å². The van der Waals surface area contributed by atoms with Gasteiger partial charge in [-0.1, -0.05) is 212 Å². The van der Waals surface area contributed by atoms with Gasteiger partial charge in [-0.15, -0.1) is 0 Å². The minimum Gasteiger partial charge on any atom is -0.456 e. The molecule has 0 atom stereocenters. The second-order valence-electron chi connectivity index (χ2n) is 18.8. The summed E-state index contributed by atoms with van der Waals surface area (Å²) in [5.74, 6) is 0. The molecule has 3 aliphatic rings. The van der Waals surface area contributed by atoms with E-state index in [0.29, 0.717) is 0 Å². The van der Waals surface area contributed by atoms with Crippen LogP contribution < -0.4 is 0 Å². The Balaban J connectivity index is 1.01. The summed E-state index contributed by atoms with van der Waals surface area (Å²) >= 11 is 0. The van der Waals surface area contributed by atoms with Gasteiger partial charge in [0.15, 0.2) is 0 Å². The third-order valence-corrected chi connectivity index (χ3v) is 15.5. The van der Waals surface area contributed by atoms with E-state index in [4.69, 9.17) is 9.40 Å². The van der Waals surface area contributed by atoms with Crippen LogP contribution >= 0.6 is 0 Å². The fourth-order valence-corrected chi connectivity index (χ4v) is 12.9. The van der Waals surface area contributed by atoms with Crippen LogP contribution in [0.3, 0.4) is 0 Å². The van der Waals surface area contributed by atoms with E-state index in [0.717, 1.165) is 55.8 Å². The first-order valence-electron chi connectivity index (χ1n) is 23.9. The molecule has 0 saturated carbocycles. The summed E-state index contributed by atoms with van der Waals surface area (Å²) in [4.78, 5) is 5.21. The standard InChI is InChI=1S/C67H41NO/c1-3-18-42(19-4-1)60-40-47(41-61(68-60)43-20-5-2-6-21-43)45-23-17-22-44(38-45)46-34-35-50-51-36-37-63-64(52-26-9-16-33-62(52)69-63)65(51)67(59(50)39-46)57-31-14-12-29-55(57)66(56-30-13-15-32-58(56)67)53-27-10-7-24-48(53)49-25-8-11-28-54(49)66/h1-41H. The van der Waals surface area contributed by atoms with Gasteiger partial charge in [-0.3, -0.25) is 0 Å². The lowest BCUT2D eigenvalue weighted by Gasteiger charge is -2.49. The fraction of sp³-hybridized carbons (Fsp3) is 0.0299. The van der Waals surface area contributed by atoms with Gasteiger partial charge in [0.25, 0.3) is 0 Å². The molecule has 0 saturated heterocycles. The molecule has 10 aromatic carbocycles. The van der Waals surface area contributed by atoms with Crippen LogP contribution in [0.15, 0.2) is 253 Å². The minimum absolute atomic E-state index is 0.533. The zero-order chi connectivity index (χ0) is 45.3. The maximum absolute atomic E-state index is 6.79. The first-order chi connectivity index (χ1) is 34.2. The van der Waals surface area contributed by atoms with Crippen molar-refractivity contribution in [2.45, 2.75) is 10.8 Å². The lowest BCUT2D eigenvalue weighted by molar-refractivity contribution is 0.634. The van der Waals surface area contributed by atoms with Crippen molar-refractivity contribution in [3.8, 4) is 67.0 Å². The zero-order valence-electron chi connectivity index (χ0n) is 37.5. The van der Waals surface area contributed by atoms with Crippen molar-refractivity contribution in [2.24, 2.45) is 0 Å². The van der Waals surface area contributed by atoms with Gasteiger partial charge in [-0.2, -0.15) is 0 Å². The highest BCUT2D eigenvalue weighted by Crippen LogP contribution is 2.68. The number of nitrogens with zero attached hydrogens (tertiary/aromatic N) is 1. The lowest BCUT2D eigenvalue weighted by atomic mass is 9.52. The summed E-state index contributed by atoms with van der Waals surface area (Å²) in [5.41, 5.74) is 24.8. The Morgan fingerprint density at radius 3 is 1.36 bits per heavy atom. The van der Waals surface area contributed by atoms with Crippen molar-refractivity contribution < 1.29 is 4.42 Å². The zero-order valence-corrected chi connectivity index (χ0v) is 37.5. The molecule has 69 heavy (non-hydrogen) atoms.